The smallest absolute Gasteiger partial charge is 0.254 e. The number of nitrogens with zero attached hydrogens (tertiary/aromatic N) is 3. The molecule has 0 unspecified atom stereocenters. The van der Waals surface area contributed by atoms with E-state index < -0.39 is 0 Å². The summed E-state index contributed by atoms with van der Waals surface area (Å²) >= 11 is 0. The number of hydrogen-bond donors (Lipinski definition) is 2. The summed E-state index contributed by atoms with van der Waals surface area (Å²) in [5.74, 6) is 1.13. The van der Waals surface area contributed by atoms with Gasteiger partial charge in [-0.3, -0.25) is 9.59 Å². The molecular formula is C28H36N4O3. The van der Waals surface area contributed by atoms with Crippen LogP contribution in [0.25, 0.3) is 11.0 Å². The first-order valence-corrected chi connectivity index (χ1v) is 12.7. The van der Waals surface area contributed by atoms with Gasteiger partial charge in [0.2, 0.25) is 5.91 Å². The number of hydrogen-bond acceptors (Lipinski definition) is 4. The van der Waals surface area contributed by atoms with E-state index in [1.807, 2.05) is 41.3 Å². The highest BCUT2D eigenvalue weighted by Crippen LogP contribution is 2.27. The van der Waals surface area contributed by atoms with Gasteiger partial charge in [0.15, 0.2) is 0 Å². The highest BCUT2D eigenvalue weighted by molar-refractivity contribution is 5.97. The van der Waals surface area contributed by atoms with E-state index in [2.05, 4.69) is 23.8 Å². The molecule has 186 valence electrons. The Bertz CT molecular complexity index is 1200. The summed E-state index contributed by atoms with van der Waals surface area (Å²) in [4.78, 5) is 37.9. The maximum Gasteiger partial charge on any atom is 0.254 e. The van der Waals surface area contributed by atoms with Gasteiger partial charge in [0.05, 0.1) is 17.6 Å². The van der Waals surface area contributed by atoms with Gasteiger partial charge in [-0.2, -0.15) is 0 Å². The zero-order chi connectivity index (χ0) is 24.9. The van der Waals surface area contributed by atoms with E-state index in [4.69, 9.17) is 0 Å². The van der Waals surface area contributed by atoms with Gasteiger partial charge in [0.1, 0.15) is 5.82 Å². The molecule has 7 nitrogen and oxygen atoms in total. The Labute approximate surface area is 207 Å². The molecule has 7 heteroatoms. The second-order valence-electron chi connectivity index (χ2n) is 9.79. The van der Waals surface area contributed by atoms with Gasteiger partial charge >= 0.3 is 0 Å². The van der Waals surface area contributed by atoms with E-state index >= 15 is 0 Å². The van der Waals surface area contributed by atoms with E-state index in [0.29, 0.717) is 25.2 Å². The van der Waals surface area contributed by atoms with Gasteiger partial charge in [-0.05, 0) is 48.2 Å². The zero-order valence-electron chi connectivity index (χ0n) is 21.0. The van der Waals surface area contributed by atoms with Crippen molar-refractivity contribution in [2.24, 2.45) is 0 Å². The van der Waals surface area contributed by atoms with E-state index in [0.717, 1.165) is 65.8 Å². The molecule has 0 spiro atoms. The molecule has 3 aromatic rings. The molecule has 1 aromatic heterocycles. The average molecular weight is 477 g/mol. The first-order valence-electron chi connectivity index (χ1n) is 12.7. The first kappa shape index (κ1) is 24.9. The third-order valence-corrected chi connectivity index (χ3v) is 6.76. The second kappa shape index (κ2) is 11.0. The number of carbonyl (C=O) groups excluding carboxylic acids is 2. The van der Waals surface area contributed by atoms with Crippen LogP contribution in [0, 0.1) is 0 Å². The Kier molecular flexibility index (Phi) is 7.86. The fourth-order valence-electron chi connectivity index (χ4n) is 4.72. The molecule has 2 heterocycles. The zero-order valence-corrected chi connectivity index (χ0v) is 21.0. The lowest BCUT2D eigenvalue weighted by atomic mass is 10.0. The number of rotatable bonds is 3. The van der Waals surface area contributed by atoms with Crippen molar-refractivity contribution in [1.82, 2.24) is 14.9 Å². The van der Waals surface area contributed by atoms with Gasteiger partial charge in [0.25, 0.3) is 5.91 Å². The first-order chi connectivity index (χ1) is 16.9. The monoisotopic (exact) mass is 476 g/mol. The van der Waals surface area contributed by atoms with Crippen molar-refractivity contribution < 1.29 is 14.7 Å². The highest BCUT2D eigenvalue weighted by Gasteiger charge is 2.22. The van der Waals surface area contributed by atoms with Crippen LogP contribution in [0.5, 0.6) is 0 Å². The summed E-state index contributed by atoms with van der Waals surface area (Å²) in [6, 6.07) is 11.3. The predicted octanol–water partition coefficient (Wildman–Crippen LogP) is 5.14. The van der Waals surface area contributed by atoms with Crippen molar-refractivity contribution >= 4 is 28.5 Å². The second-order valence-corrected chi connectivity index (χ2v) is 9.79. The number of anilines is 1. The predicted molar refractivity (Wildman–Crippen MR) is 138 cm³/mol. The van der Waals surface area contributed by atoms with Crippen molar-refractivity contribution in [2.45, 2.75) is 71.9 Å². The van der Waals surface area contributed by atoms with Gasteiger partial charge in [-0.15, -0.1) is 0 Å². The number of imidazole rings is 1. The number of aliphatic hydroxyl groups excluding tert-OH is 1. The summed E-state index contributed by atoms with van der Waals surface area (Å²) < 4.78 is 0. The van der Waals surface area contributed by atoms with Crippen LogP contribution >= 0.6 is 0 Å². The van der Waals surface area contributed by atoms with Crippen molar-refractivity contribution in [3.8, 4) is 0 Å². The molecule has 0 saturated carbocycles. The number of aliphatic hydroxyl groups is 1. The molecule has 4 rings (SSSR count). The van der Waals surface area contributed by atoms with Crippen LogP contribution < -0.4 is 4.90 Å². The molecule has 0 saturated heterocycles. The Morgan fingerprint density at radius 1 is 1.03 bits per heavy atom. The van der Waals surface area contributed by atoms with Crippen LogP contribution in [-0.4, -0.2) is 44.9 Å². The van der Waals surface area contributed by atoms with E-state index in [1.54, 1.807) is 11.8 Å². The fraction of sp³-hybridized carbons (Fsp3) is 0.464. The number of H-pyrrole nitrogens is 1. The van der Waals surface area contributed by atoms with Gasteiger partial charge in [0, 0.05) is 43.7 Å². The van der Waals surface area contributed by atoms with Crippen LogP contribution in [0.2, 0.25) is 0 Å². The van der Waals surface area contributed by atoms with Crippen LogP contribution in [0.4, 0.5) is 5.69 Å². The van der Waals surface area contributed by atoms with Crippen LogP contribution in [0.3, 0.4) is 0 Å². The lowest BCUT2D eigenvalue weighted by molar-refractivity contribution is -0.116. The molecule has 35 heavy (non-hydrogen) atoms. The van der Waals surface area contributed by atoms with Gasteiger partial charge < -0.3 is 19.9 Å². The summed E-state index contributed by atoms with van der Waals surface area (Å²) in [5, 5.41) is 9.71. The van der Waals surface area contributed by atoms with Crippen molar-refractivity contribution in [3.63, 3.8) is 0 Å². The lowest BCUT2D eigenvalue weighted by Crippen LogP contribution is -2.35. The van der Waals surface area contributed by atoms with E-state index in [9.17, 15) is 14.7 Å². The topological polar surface area (TPSA) is 89.5 Å². The Balaban J connectivity index is 1.70. The van der Waals surface area contributed by atoms with Gasteiger partial charge in [-0.1, -0.05) is 45.2 Å². The van der Waals surface area contributed by atoms with Crippen molar-refractivity contribution in [2.75, 3.05) is 18.0 Å². The lowest BCUT2D eigenvalue weighted by Gasteiger charge is -2.29. The Morgan fingerprint density at radius 3 is 2.49 bits per heavy atom. The Hall–Kier alpha value is -3.19. The molecule has 0 fully saturated rings. The third-order valence-electron chi connectivity index (χ3n) is 6.76. The molecule has 1 aliphatic rings. The molecule has 2 N–H and O–H groups in total. The number of aromatic amines is 1. The van der Waals surface area contributed by atoms with E-state index in [1.165, 1.54) is 0 Å². The standard InChI is InChI=1S/C28H36N4O3/c1-19(2)27-29-24-12-11-22(16-25(24)30-27)28(35)31-13-7-5-4-6-8-14-32(20(3)34)26-15-21(18-33)9-10-23(26)17-31/h9-12,15-16,19,33H,4-8,13-14,17-18H2,1-3H3,(H,29,30). The SMILES string of the molecule is CC(=O)N1CCCCCCCN(C(=O)c2ccc3nc(C(C)C)[nH]c3c2)Cc2ccc(CO)cc21. The minimum absolute atomic E-state index is 0.0260. The third kappa shape index (κ3) is 5.73. The van der Waals surface area contributed by atoms with Crippen LogP contribution in [-0.2, 0) is 17.9 Å². The van der Waals surface area contributed by atoms with Crippen molar-refractivity contribution in [1.29, 1.82) is 0 Å². The quantitative estimate of drug-likeness (QED) is 0.548. The maximum absolute atomic E-state index is 13.7. The molecular weight excluding hydrogens is 440 g/mol. The minimum Gasteiger partial charge on any atom is -0.392 e. The molecule has 2 amide bonds. The maximum atomic E-state index is 13.7. The van der Waals surface area contributed by atoms with Crippen LogP contribution in [0.15, 0.2) is 36.4 Å². The van der Waals surface area contributed by atoms with E-state index in [-0.39, 0.29) is 24.3 Å². The Morgan fingerprint density at radius 2 is 1.77 bits per heavy atom. The van der Waals surface area contributed by atoms with Crippen LogP contribution in [0.1, 0.15) is 86.1 Å². The summed E-state index contributed by atoms with van der Waals surface area (Å²) in [6.07, 6.45) is 5.05. The number of benzene rings is 2. The van der Waals surface area contributed by atoms with Gasteiger partial charge in [-0.25, -0.2) is 4.98 Å². The number of amides is 2. The minimum atomic E-state index is -0.0930. The molecule has 0 atom stereocenters. The number of fused-ring (bicyclic) bond motifs is 2. The summed E-state index contributed by atoms with van der Waals surface area (Å²) in [5.41, 5.74) is 4.80. The molecule has 2 aromatic carbocycles. The fourth-order valence-corrected chi connectivity index (χ4v) is 4.72. The molecule has 0 bridgehead atoms. The molecule has 0 radical (unpaired) electrons. The normalized spacial score (nSPS) is 15.6. The number of carbonyl (C=O) groups is 2. The number of nitrogens with one attached hydrogen (secondary N) is 1. The number of aromatic nitrogens is 2. The largest absolute Gasteiger partial charge is 0.392 e. The summed E-state index contributed by atoms with van der Waals surface area (Å²) in [6.45, 7) is 7.36. The van der Waals surface area contributed by atoms with Crippen molar-refractivity contribution in [3.05, 3.63) is 58.9 Å². The molecule has 1 aliphatic heterocycles. The highest BCUT2D eigenvalue weighted by atomic mass is 16.3. The summed E-state index contributed by atoms with van der Waals surface area (Å²) in [7, 11) is 0. The molecule has 0 aliphatic carbocycles. The average Bonchev–Trinajstić information content (AvgIpc) is 3.27.